The number of ether oxygens (including phenoxy) is 1. The van der Waals surface area contributed by atoms with Crippen molar-refractivity contribution >= 4 is 34.9 Å². The zero-order chi connectivity index (χ0) is 24.9. The maximum absolute atomic E-state index is 14.2. The first-order valence-electron chi connectivity index (χ1n) is 8.78. The molecule has 176 valence electrons. The number of carbonyl (C=O) groups excluding carboxylic acids is 2. The second-order valence-electron chi connectivity index (χ2n) is 6.46. The monoisotopic (exact) mass is 490 g/mol. The van der Waals surface area contributed by atoms with Crippen LogP contribution in [0.1, 0.15) is 0 Å². The number of allylic oxidation sites excluding steroid dienone is 1. The Kier molecular flexibility index (Phi) is 7.82. The highest BCUT2D eigenvalue weighted by molar-refractivity contribution is 6.32. The highest BCUT2D eigenvalue weighted by atomic mass is 35.5. The fraction of sp³-hybridized carbons (Fsp3) is 0.158. The number of rotatable bonds is 6. The molecule has 2 rings (SSSR count). The van der Waals surface area contributed by atoms with Crippen molar-refractivity contribution < 1.29 is 36.8 Å². The summed E-state index contributed by atoms with van der Waals surface area (Å²) in [6.45, 7) is 0. The number of nitro groups is 1. The summed E-state index contributed by atoms with van der Waals surface area (Å²) in [4.78, 5) is 34.8. The van der Waals surface area contributed by atoms with Crippen LogP contribution in [-0.4, -0.2) is 42.0 Å². The molecule has 0 aliphatic rings. The lowest BCUT2D eigenvalue weighted by atomic mass is 10.2. The fourth-order valence-corrected chi connectivity index (χ4v) is 2.42. The molecule has 0 saturated carbocycles. The van der Waals surface area contributed by atoms with E-state index in [2.05, 4.69) is 0 Å². The molecule has 0 fully saturated rings. The van der Waals surface area contributed by atoms with E-state index in [1.165, 1.54) is 37.6 Å². The molecule has 0 unspecified atom stereocenters. The van der Waals surface area contributed by atoms with E-state index >= 15 is 0 Å². The van der Waals surface area contributed by atoms with Crippen molar-refractivity contribution in [1.82, 2.24) is 10.2 Å². The minimum atomic E-state index is -5.10. The Bertz CT molecular complexity index is 1120. The number of benzene rings is 2. The maximum Gasteiger partial charge on any atom is 0.431 e. The van der Waals surface area contributed by atoms with Gasteiger partial charge >= 0.3 is 17.9 Å². The second-order valence-corrected chi connectivity index (χ2v) is 6.86. The molecular weight excluding hydrogens is 476 g/mol. The largest absolute Gasteiger partial charge is 0.448 e. The number of alkyl halides is 3. The maximum atomic E-state index is 14.2. The lowest BCUT2D eigenvalue weighted by molar-refractivity contribution is -0.385. The van der Waals surface area contributed by atoms with Crippen LogP contribution in [0.3, 0.4) is 0 Å². The Labute approximate surface area is 188 Å². The standard InChI is InChI=1S/C19H15ClF4N4O5/c1-27(2)17(29)9-16(19(22,23)24)26-18(30)25-12-8-15(10(20)7-11(12)21)33-14-6-4-3-5-13(14)28(31)32/h3-9H,1-2H3,(H2,25,26,30)/b16-9-. The number of nitrogens with zero attached hydrogens (tertiary/aromatic N) is 2. The van der Waals surface area contributed by atoms with Gasteiger partial charge in [0.15, 0.2) is 0 Å². The second kappa shape index (κ2) is 10.2. The summed E-state index contributed by atoms with van der Waals surface area (Å²) in [5.74, 6) is -2.76. The highest BCUT2D eigenvalue weighted by Gasteiger charge is 2.36. The summed E-state index contributed by atoms with van der Waals surface area (Å²) in [6.07, 6.45) is -4.94. The number of likely N-dealkylation sites (N-methyl/N-ethyl adjacent to an activating group) is 1. The lowest BCUT2D eigenvalue weighted by Crippen LogP contribution is -2.36. The molecule has 0 radical (unpaired) electrons. The molecule has 2 aromatic carbocycles. The zero-order valence-corrected chi connectivity index (χ0v) is 17.6. The quantitative estimate of drug-likeness (QED) is 0.260. The molecule has 2 N–H and O–H groups in total. The van der Waals surface area contributed by atoms with Crippen LogP contribution in [-0.2, 0) is 4.79 Å². The summed E-state index contributed by atoms with van der Waals surface area (Å²) in [7, 11) is 2.41. The van der Waals surface area contributed by atoms with E-state index in [1.54, 1.807) is 0 Å². The predicted molar refractivity (Wildman–Crippen MR) is 110 cm³/mol. The lowest BCUT2D eigenvalue weighted by Gasteiger charge is -2.16. The van der Waals surface area contributed by atoms with E-state index in [-0.39, 0.29) is 22.6 Å². The average Bonchev–Trinajstić information content (AvgIpc) is 2.70. The molecular formula is C19H15ClF4N4O5. The summed E-state index contributed by atoms with van der Waals surface area (Å²) in [5.41, 5.74) is -2.77. The Morgan fingerprint density at radius 3 is 2.39 bits per heavy atom. The Morgan fingerprint density at radius 1 is 1.18 bits per heavy atom. The van der Waals surface area contributed by atoms with Crippen molar-refractivity contribution in [2.24, 2.45) is 0 Å². The van der Waals surface area contributed by atoms with Crippen molar-refractivity contribution in [3.05, 3.63) is 69.1 Å². The molecule has 2 aromatic rings. The number of anilines is 1. The van der Waals surface area contributed by atoms with Crippen molar-refractivity contribution in [2.75, 3.05) is 19.4 Å². The van der Waals surface area contributed by atoms with Gasteiger partial charge in [-0.15, -0.1) is 0 Å². The van der Waals surface area contributed by atoms with Gasteiger partial charge in [0.05, 0.1) is 15.6 Å². The summed E-state index contributed by atoms with van der Waals surface area (Å²) < 4.78 is 59.0. The van der Waals surface area contributed by atoms with Gasteiger partial charge in [-0.25, -0.2) is 9.18 Å². The predicted octanol–water partition coefficient (Wildman–Crippen LogP) is 4.84. The molecule has 0 saturated heterocycles. The fourth-order valence-electron chi connectivity index (χ4n) is 2.23. The van der Waals surface area contributed by atoms with Gasteiger partial charge in [-0.2, -0.15) is 13.2 Å². The average molecular weight is 491 g/mol. The summed E-state index contributed by atoms with van der Waals surface area (Å²) in [6, 6.07) is 5.17. The Morgan fingerprint density at radius 2 is 1.82 bits per heavy atom. The van der Waals surface area contributed by atoms with Crippen molar-refractivity contribution in [2.45, 2.75) is 6.18 Å². The van der Waals surface area contributed by atoms with Crippen molar-refractivity contribution in [3.63, 3.8) is 0 Å². The molecule has 0 heterocycles. The van der Waals surface area contributed by atoms with Gasteiger partial charge in [-0.3, -0.25) is 14.9 Å². The van der Waals surface area contributed by atoms with E-state index in [1.807, 2.05) is 5.32 Å². The normalized spacial score (nSPS) is 11.5. The zero-order valence-electron chi connectivity index (χ0n) is 16.9. The minimum absolute atomic E-state index is 0.154. The molecule has 0 atom stereocenters. The summed E-state index contributed by atoms with van der Waals surface area (Å²) >= 11 is 5.89. The van der Waals surface area contributed by atoms with Gasteiger partial charge in [-0.1, -0.05) is 23.7 Å². The number of nitro benzene ring substituents is 1. The molecule has 14 heteroatoms. The number of hydrogen-bond donors (Lipinski definition) is 2. The van der Waals surface area contributed by atoms with Crippen LogP contribution in [0.15, 0.2) is 48.2 Å². The van der Waals surface area contributed by atoms with Crippen LogP contribution in [0.25, 0.3) is 0 Å². The first-order chi connectivity index (χ1) is 15.3. The molecule has 0 aliphatic heterocycles. The van der Waals surface area contributed by atoms with Gasteiger partial charge in [0, 0.05) is 32.3 Å². The number of amides is 3. The van der Waals surface area contributed by atoms with Crippen LogP contribution in [0.5, 0.6) is 11.5 Å². The van der Waals surface area contributed by atoms with Crippen LogP contribution in [0.2, 0.25) is 5.02 Å². The third kappa shape index (κ3) is 6.80. The molecule has 3 amide bonds. The molecule has 9 nitrogen and oxygen atoms in total. The van der Waals surface area contributed by atoms with Crippen molar-refractivity contribution in [1.29, 1.82) is 0 Å². The van der Waals surface area contributed by atoms with Gasteiger partial charge < -0.3 is 20.3 Å². The van der Waals surface area contributed by atoms with Gasteiger partial charge in [0.2, 0.25) is 11.7 Å². The SMILES string of the molecule is CN(C)C(=O)/C=C(\NC(=O)Nc1cc(Oc2ccccc2[N+](=O)[O-])c(Cl)cc1F)C(F)(F)F. The Balaban J connectivity index is 2.30. The molecule has 0 bridgehead atoms. The number of nitrogens with one attached hydrogen (secondary N) is 2. The third-order valence-corrected chi connectivity index (χ3v) is 4.11. The molecule has 0 aromatic heterocycles. The van der Waals surface area contributed by atoms with Crippen molar-refractivity contribution in [3.8, 4) is 11.5 Å². The van der Waals surface area contributed by atoms with Gasteiger partial charge in [-0.05, 0) is 12.1 Å². The van der Waals surface area contributed by atoms with Crippen LogP contribution >= 0.6 is 11.6 Å². The minimum Gasteiger partial charge on any atom is -0.448 e. The third-order valence-electron chi connectivity index (χ3n) is 3.81. The highest BCUT2D eigenvalue weighted by Crippen LogP contribution is 2.37. The van der Waals surface area contributed by atoms with Crippen LogP contribution in [0, 0.1) is 15.9 Å². The first-order valence-corrected chi connectivity index (χ1v) is 9.16. The molecule has 0 aliphatic carbocycles. The number of halogens is 5. The topological polar surface area (TPSA) is 114 Å². The van der Waals surface area contributed by atoms with E-state index in [4.69, 9.17) is 16.3 Å². The van der Waals surface area contributed by atoms with E-state index in [9.17, 15) is 37.3 Å². The summed E-state index contributed by atoms with van der Waals surface area (Å²) in [5, 5.41) is 14.1. The number of hydrogen-bond acceptors (Lipinski definition) is 5. The number of carbonyl (C=O) groups is 2. The van der Waals surface area contributed by atoms with Crippen LogP contribution in [0.4, 0.5) is 33.7 Å². The molecule has 33 heavy (non-hydrogen) atoms. The number of para-hydroxylation sites is 2. The van der Waals surface area contributed by atoms with Crippen LogP contribution < -0.4 is 15.4 Å². The smallest absolute Gasteiger partial charge is 0.431 e. The van der Waals surface area contributed by atoms with E-state index < -0.39 is 45.9 Å². The number of urea groups is 1. The van der Waals surface area contributed by atoms with Gasteiger partial charge in [0.25, 0.3) is 0 Å². The van der Waals surface area contributed by atoms with Gasteiger partial charge in [0.1, 0.15) is 17.3 Å². The molecule has 0 spiro atoms. The first kappa shape index (κ1) is 25.4. The Hall–Kier alpha value is -3.87. The van der Waals surface area contributed by atoms with E-state index in [0.29, 0.717) is 6.07 Å². The van der Waals surface area contributed by atoms with E-state index in [0.717, 1.165) is 17.0 Å².